The Kier molecular flexibility index (Phi) is 5.76. The molecular weight excluding hydrogens is 345 g/mol. The lowest BCUT2D eigenvalue weighted by Gasteiger charge is -2.22. The molecular formula is C21H20FN3O2. The van der Waals surface area contributed by atoms with Gasteiger partial charge < -0.3 is 10.2 Å². The molecule has 0 radical (unpaired) electrons. The lowest BCUT2D eigenvalue weighted by Crippen LogP contribution is -2.38. The molecule has 3 aromatic rings. The van der Waals surface area contributed by atoms with Crippen molar-refractivity contribution in [2.24, 2.45) is 0 Å². The molecule has 0 fully saturated rings. The summed E-state index contributed by atoms with van der Waals surface area (Å²) in [6, 6.07) is 15.3. The summed E-state index contributed by atoms with van der Waals surface area (Å²) in [7, 11) is 0. The third-order valence-corrected chi connectivity index (χ3v) is 4.22. The minimum Gasteiger partial charge on any atom is -0.354 e. The highest BCUT2D eigenvalue weighted by Crippen LogP contribution is 2.24. The van der Waals surface area contributed by atoms with Crippen LogP contribution in [0.5, 0.6) is 0 Å². The second-order valence-corrected chi connectivity index (χ2v) is 6.18. The van der Waals surface area contributed by atoms with E-state index in [-0.39, 0.29) is 24.1 Å². The molecule has 0 aliphatic heterocycles. The van der Waals surface area contributed by atoms with Crippen LogP contribution in [0.1, 0.15) is 12.5 Å². The number of nitrogens with zero attached hydrogens (tertiary/aromatic N) is 2. The van der Waals surface area contributed by atoms with Crippen molar-refractivity contribution in [3.63, 3.8) is 0 Å². The molecule has 0 saturated carbocycles. The standard InChI is InChI=1S/C21H20FN3O2/c1-15(26)25(19-6-2-4-17-5-3-11-24-21(17)19)13-12-23-20(27)14-16-7-9-18(22)10-8-16/h2-11H,12-14H2,1H3,(H,23,27). The Labute approximate surface area is 156 Å². The number of carbonyl (C=O) groups is 2. The summed E-state index contributed by atoms with van der Waals surface area (Å²) in [6.07, 6.45) is 1.85. The number of pyridine rings is 1. The van der Waals surface area contributed by atoms with Crippen LogP contribution in [0.3, 0.4) is 0 Å². The van der Waals surface area contributed by atoms with Crippen LogP contribution in [0.25, 0.3) is 10.9 Å². The van der Waals surface area contributed by atoms with E-state index in [2.05, 4.69) is 10.3 Å². The van der Waals surface area contributed by atoms with E-state index in [0.717, 1.165) is 16.5 Å². The van der Waals surface area contributed by atoms with Gasteiger partial charge in [0.05, 0.1) is 17.6 Å². The Balaban J connectivity index is 1.64. The first-order chi connectivity index (χ1) is 13.0. The third-order valence-electron chi connectivity index (χ3n) is 4.22. The molecule has 27 heavy (non-hydrogen) atoms. The zero-order valence-corrected chi connectivity index (χ0v) is 15.0. The van der Waals surface area contributed by atoms with Crippen molar-refractivity contribution in [2.45, 2.75) is 13.3 Å². The molecule has 0 aliphatic carbocycles. The summed E-state index contributed by atoms with van der Waals surface area (Å²) in [4.78, 5) is 30.2. The van der Waals surface area contributed by atoms with E-state index >= 15 is 0 Å². The molecule has 1 aromatic heterocycles. The summed E-state index contributed by atoms with van der Waals surface area (Å²) in [5, 5.41) is 3.75. The number of hydrogen-bond donors (Lipinski definition) is 1. The number of nitrogens with one attached hydrogen (secondary N) is 1. The predicted octanol–water partition coefficient (Wildman–Crippen LogP) is 3.09. The van der Waals surface area contributed by atoms with Gasteiger partial charge in [-0.25, -0.2) is 4.39 Å². The van der Waals surface area contributed by atoms with Crippen LogP contribution in [0, 0.1) is 5.82 Å². The summed E-state index contributed by atoms with van der Waals surface area (Å²) >= 11 is 0. The van der Waals surface area contributed by atoms with Gasteiger partial charge in [-0.3, -0.25) is 14.6 Å². The normalized spacial score (nSPS) is 10.6. The summed E-state index contributed by atoms with van der Waals surface area (Å²) in [5.41, 5.74) is 2.19. The second-order valence-electron chi connectivity index (χ2n) is 6.18. The molecule has 5 nitrogen and oxygen atoms in total. The van der Waals surface area contributed by atoms with Gasteiger partial charge in [0.1, 0.15) is 5.82 Å². The average molecular weight is 365 g/mol. The Hall–Kier alpha value is -3.28. The lowest BCUT2D eigenvalue weighted by atomic mass is 10.1. The van der Waals surface area contributed by atoms with Crippen LogP contribution < -0.4 is 10.2 Å². The fourth-order valence-corrected chi connectivity index (χ4v) is 2.91. The topological polar surface area (TPSA) is 62.3 Å². The van der Waals surface area contributed by atoms with Crippen molar-refractivity contribution in [2.75, 3.05) is 18.0 Å². The Bertz CT molecular complexity index is 952. The maximum atomic E-state index is 12.9. The van der Waals surface area contributed by atoms with Gasteiger partial charge in [0.2, 0.25) is 11.8 Å². The number of benzene rings is 2. The van der Waals surface area contributed by atoms with Gasteiger partial charge in [0, 0.05) is 31.6 Å². The van der Waals surface area contributed by atoms with E-state index in [4.69, 9.17) is 0 Å². The number of halogens is 1. The molecule has 0 atom stereocenters. The number of para-hydroxylation sites is 1. The maximum absolute atomic E-state index is 12.9. The number of aromatic nitrogens is 1. The Morgan fingerprint density at radius 3 is 2.56 bits per heavy atom. The smallest absolute Gasteiger partial charge is 0.224 e. The van der Waals surface area contributed by atoms with E-state index in [1.165, 1.54) is 19.1 Å². The summed E-state index contributed by atoms with van der Waals surface area (Å²) in [5.74, 6) is -0.637. The number of amides is 2. The van der Waals surface area contributed by atoms with Crippen molar-refractivity contribution in [1.29, 1.82) is 0 Å². The van der Waals surface area contributed by atoms with E-state index < -0.39 is 0 Å². The number of anilines is 1. The van der Waals surface area contributed by atoms with Gasteiger partial charge in [0.25, 0.3) is 0 Å². The Morgan fingerprint density at radius 1 is 1.07 bits per heavy atom. The largest absolute Gasteiger partial charge is 0.354 e. The van der Waals surface area contributed by atoms with Crippen LogP contribution in [-0.4, -0.2) is 29.9 Å². The molecule has 2 amide bonds. The maximum Gasteiger partial charge on any atom is 0.224 e. The summed E-state index contributed by atoms with van der Waals surface area (Å²) in [6.45, 7) is 2.13. The van der Waals surface area contributed by atoms with E-state index in [0.29, 0.717) is 18.8 Å². The second kappa shape index (κ2) is 8.40. The first kappa shape index (κ1) is 18.5. The minimum absolute atomic E-state index is 0.124. The van der Waals surface area contributed by atoms with Crippen molar-refractivity contribution in [3.8, 4) is 0 Å². The zero-order valence-electron chi connectivity index (χ0n) is 15.0. The van der Waals surface area contributed by atoms with E-state index in [9.17, 15) is 14.0 Å². The molecule has 0 aliphatic rings. The zero-order chi connectivity index (χ0) is 19.2. The van der Waals surface area contributed by atoms with Crippen LogP contribution >= 0.6 is 0 Å². The molecule has 0 spiro atoms. The molecule has 2 aromatic carbocycles. The first-order valence-corrected chi connectivity index (χ1v) is 8.67. The van der Waals surface area contributed by atoms with Gasteiger partial charge in [-0.05, 0) is 29.8 Å². The molecule has 0 unspecified atom stereocenters. The van der Waals surface area contributed by atoms with E-state index in [1.54, 1.807) is 23.2 Å². The molecule has 138 valence electrons. The van der Waals surface area contributed by atoms with Crippen molar-refractivity contribution >= 4 is 28.4 Å². The fraction of sp³-hybridized carbons (Fsp3) is 0.190. The molecule has 1 N–H and O–H groups in total. The SMILES string of the molecule is CC(=O)N(CCNC(=O)Cc1ccc(F)cc1)c1cccc2cccnc12. The van der Waals surface area contributed by atoms with Gasteiger partial charge >= 0.3 is 0 Å². The van der Waals surface area contributed by atoms with Crippen molar-refractivity contribution < 1.29 is 14.0 Å². The summed E-state index contributed by atoms with van der Waals surface area (Å²) < 4.78 is 12.9. The number of rotatable bonds is 6. The highest BCUT2D eigenvalue weighted by atomic mass is 19.1. The Morgan fingerprint density at radius 2 is 1.81 bits per heavy atom. The molecule has 0 saturated heterocycles. The number of fused-ring (bicyclic) bond motifs is 1. The average Bonchev–Trinajstić information content (AvgIpc) is 2.66. The highest BCUT2D eigenvalue weighted by Gasteiger charge is 2.15. The molecule has 0 bridgehead atoms. The van der Waals surface area contributed by atoms with E-state index in [1.807, 2.05) is 30.3 Å². The third kappa shape index (κ3) is 4.67. The van der Waals surface area contributed by atoms with Crippen LogP contribution in [-0.2, 0) is 16.0 Å². The minimum atomic E-state index is -0.333. The molecule has 6 heteroatoms. The highest BCUT2D eigenvalue weighted by molar-refractivity contribution is 6.01. The van der Waals surface area contributed by atoms with Gasteiger partial charge in [0.15, 0.2) is 0 Å². The number of hydrogen-bond acceptors (Lipinski definition) is 3. The van der Waals surface area contributed by atoms with Crippen molar-refractivity contribution in [3.05, 3.63) is 72.2 Å². The van der Waals surface area contributed by atoms with Crippen molar-refractivity contribution in [1.82, 2.24) is 10.3 Å². The van der Waals surface area contributed by atoms with Gasteiger partial charge in [-0.1, -0.05) is 30.3 Å². The quantitative estimate of drug-likeness (QED) is 0.730. The van der Waals surface area contributed by atoms with Gasteiger partial charge in [-0.15, -0.1) is 0 Å². The first-order valence-electron chi connectivity index (χ1n) is 8.67. The number of carbonyl (C=O) groups excluding carboxylic acids is 2. The van der Waals surface area contributed by atoms with Gasteiger partial charge in [-0.2, -0.15) is 0 Å². The fourth-order valence-electron chi connectivity index (χ4n) is 2.91. The molecule has 1 heterocycles. The lowest BCUT2D eigenvalue weighted by molar-refractivity contribution is -0.121. The predicted molar refractivity (Wildman–Crippen MR) is 103 cm³/mol. The van der Waals surface area contributed by atoms with Crippen LogP contribution in [0.4, 0.5) is 10.1 Å². The molecule has 3 rings (SSSR count). The van der Waals surface area contributed by atoms with Crippen LogP contribution in [0.2, 0.25) is 0 Å². The monoisotopic (exact) mass is 365 g/mol. The van der Waals surface area contributed by atoms with Crippen LogP contribution in [0.15, 0.2) is 60.8 Å².